The number of benzene rings is 1. The van der Waals surface area contributed by atoms with Crippen LogP contribution >= 0.6 is 22.9 Å². The number of hydrogen-bond acceptors (Lipinski definition) is 3. The number of nitrogens with zero attached hydrogens (tertiary/aromatic N) is 1. The second-order valence-electron chi connectivity index (χ2n) is 5.16. The molecule has 2 aromatic rings. The van der Waals surface area contributed by atoms with Crippen LogP contribution in [-0.2, 0) is 11.8 Å². The molecule has 1 aromatic carbocycles. The van der Waals surface area contributed by atoms with E-state index in [1.807, 2.05) is 18.2 Å². The minimum atomic E-state index is -0.858. The highest BCUT2D eigenvalue weighted by atomic mass is 35.5. The molecule has 0 saturated carbocycles. The van der Waals surface area contributed by atoms with E-state index in [2.05, 4.69) is 12.1 Å². The molecule has 0 fully saturated rings. The third-order valence-electron chi connectivity index (χ3n) is 4.04. The van der Waals surface area contributed by atoms with Crippen molar-refractivity contribution >= 4 is 22.9 Å². The predicted molar refractivity (Wildman–Crippen MR) is 81.0 cm³/mol. The maximum Gasteiger partial charge on any atom is 0.113 e. The Morgan fingerprint density at radius 3 is 2.90 bits per heavy atom. The SMILES string of the molecule is N#CC1(C(O)c2cc(Cl)cs2)CCCc2ccccc21. The molecule has 2 atom stereocenters. The molecule has 2 nitrogen and oxygen atoms in total. The molecule has 0 radical (unpaired) electrons. The minimum absolute atomic E-state index is 0.612. The molecule has 1 aliphatic carbocycles. The molecule has 1 aromatic heterocycles. The average Bonchev–Trinajstić information content (AvgIpc) is 2.92. The largest absolute Gasteiger partial charge is 0.386 e. The first kappa shape index (κ1) is 13.6. The summed E-state index contributed by atoms with van der Waals surface area (Å²) in [5.74, 6) is 0. The minimum Gasteiger partial charge on any atom is -0.386 e. The molecule has 0 aliphatic heterocycles. The van der Waals surface area contributed by atoms with Crippen LogP contribution in [0.15, 0.2) is 35.7 Å². The van der Waals surface area contributed by atoms with Gasteiger partial charge in [-0.3, -0.25) is 0 Å². The van der Waals surface area contributed by atoms with E-state index in [-0.39, 0.29) is 0 Å². The van der Waals surface area contributed by atoms with Crippen molar-refractivity contribution in [1.82, 2.24) is 0 Å². The molecule has 1 N–H and O–H groups in total. The fraction of sp³-hybridized carbons (Fsp3) is 0.312. The molecule has 0 bridgehead atoms. The maximum absolute atomic E-state index is 10.8. The van der Waals surface area contributed by atoms with E-state index in [0.717, 1.165) is 23.3 Å². The molecule has 4 heteroatoms. The molecule has 1 aliphatic rings. The van der Waals surface area contributed by atoms with Crippen molar-refractivity contribution in [3.05, 3.63) is 56.7 Å². The Morgan fingerprint density at radius 2 is 2.20 bits per heavy atom. The lowest BCUT2D eigenvalue weighted by Crippen LogP contribution is -2.35. The summed E-state index contributed by atoms with van der Waals surface area (Å²) in [6.45, 7) is 0. The van der Waals surface area contributed by atoms with E-state index >= 15 is 0 Å². The lowest BCUT2D eigenvalue weighted by atomic mass is 9.67. The van der Waals surface area contributed by atoms with Crippen LogP contribution in [0, 0.1) is 11.3 Å². The Morgan fingerprint density at radius 1 is 1.40 bits per heavy atom. The van der Waals surface area contributed by atoms with Gasteiger partial charge in [0.05, 0.1) is 11.1 Å². The molecule has 3 rings (SSSR count). The number of rotatable bonds is 2. The number of thiophene rings is 1. The summed E-state index contributed by atoms with van der Waals surface area (Å²) < 4.78 is 0. The smallest absolute Gasteiger partial charge is 0.113 e. The van der Waals surface area contributed by atoms with Gasteiger partial charge >= 0.3 is 0 Å². The summed E-state index contributed by atoms with van der Waals surface area (Å²) in [6, 6.07) is 12.1. The number of fused-ring (bicyclic) bond motifs is 1. The number of halogens is 1. The first-order chi connectivity index (χ1) is 9.67. The van der Waals surface area contributed by atoms with E-state index in [4.69, 9.17) is 11.6 Å². The number of aliphatic hydroxyl groups is 1. The van der Waals surface area contributed by atoms with Crippen LogP contribution in [-0.4, -0.2) is 5.11 Å². The number of aryl methyl sites for hydroxylation is 1. The zero-order valence-corrected chi connectivity index (χ0v) is 12.4. The van der Waals surface area contributed by atoms with Gasteiger partial charge in [0.1, 0.15) is 11.5 Å². The van der Waals surface area contributed by atoms with Gasteiger partial charge < -0.3 is 5.11 Å². The van der Waals surface area contributed by atoms with Gasteiger partial charge in [-0.1, -0.05) is 35.9 Å². The summed E-state index contributed by atoms with van der Waals surface area (Å²) in [4.78, 5) is 0.758. The number of aliphatic hydroxyl groups excluding tert-OH is 1. The monoisotopic (exact) mass is 303 g/mol. The topological polar surface area (TPSA) is 44.0 Å². The Balaban J connectivity index is 2.12. The summed E-state index contributed by atoms with van der Waals surface area (Å²) in [5, 5.41) is 23.0. The average molecular weight is 304 g/mol. The molecule has 20 heavy (non-hydrogen) atoms. The summed E-state index contributed by atoms with van der Waals surface area (Å²) in [5.41, 5.74) is 1.27. The first-order valence-electron chi connectivity index (χ1n) is 6.59. The molecular formula is C16H14ClNOS. The lowest BCUT2D eigenvalue weighted by Gasteiger charge is -2.36. The highest BCUT2D eigenvalue weighted by molar-refractivity contribution is 7.10. The normalized spacial score (nSPS) is 22.9. The predicted octanol–water partition coefficient (Wildman–Crippen LogP) is 4.23. The Bertz CT molecular complexity index is 675. The van der Waals surface area contributed by atoms with Gasteiger partial charge in [0.15, 0.2) is 0 Å². The van der Waals surface area contributed by atoms with Crippen molar-refractivity contribution in [1.29, 1.82) is 5.26 Å². The van der Waals surface area contributed by atoms with Crippen molar-refractivity contribution in [3.63, 3.8) is 0 Å². The first-order valence-corrected chi connectivity index (χ1v) is 7.85. The lowest BCUT2D eigenvalue weighted by molar-refractivity contribution is 0.103. The van der Waals surface area contributed by atoms with Crippen molar-refractivity contribution in [2.24, 2.45) is 0 Å². The Kier molecular flexibility index (Phi) is 3.55. The fourth-order valence-corrected chi connectivity index (χ4v) is 4.20. The third kappa shape index (κ3) is 2.05. The van der Waals surface area contributed by atoms with Crippen LogP contribution in [0.3, 0.4) is 0 Å². The molecule has 0 saturated heterocycles. The summed E-state index contributed by atoms with van der Waals surface area (Å²) >= 11 is 7.36. The highest BCUT2D eigenvalue weighted by Gasteiger charge is 2.44. The number of hydrogen-bond donors (Lipinski definition) is 1. The number of nitriles is 1. The van der Waals surface area contributed by atoms with E-state index in [0.29, 0.717) is 11.4 Å². The second-order valence-corrected chi connectivity index (χ2v) is 6.54. The molecule has 102 valence electrons. The van der Waals surface area contributed by atoms with Gasteiger partial charge in [0.25, 0.3) is 0 Å². The quantitative estimate of drug-likeness (QED) is 0.902. The molecule has 1 heterocycles. The van der Waals surface area contributed by atoms with Crippen molar-refractivity contribution < 1.29 is 5.11 Å². The van der Waals surface area contributed by atoms with Crippen molar-refractivity contribution in [2.45, 2.75) is 30.8 Å². The van der Waals surface area contributed by atoms with Gasteiger partial charge in [0.2, 0.25) is 0 Å². The second kappa shape index (κ2) is 5.21. The van der Waals surface area contributed by atoms with Crippen LogP contribution < -0.4 is 0 Å². The van der Waals surface area contributed by atoms with E-state index in [1.165, 1.54) is 16.9 Å². The van der Waals surface area contributed by atoms with Gasteiger partial charge in [-0.2, -0.15) is 5.26 Å². The van der Waals surface area contributed by atoms with Gasteiger partial charge in [-0.25, -0.2) is 0 Å². The highest BCUT2D eigenvalue weighted by Crippen LogP contribution is 2.47. The van der Waals surface area contributed by atoms with Crippen LogP contribution in [0.2, 0.25) is 5.02 Å². The van der Waals surface area contributed by atoms with Gasteiger partial charge in [-0.05, 0) is 36.5 Å². The summed E-state index contributed by atoms with van der Waals surface area (Å²) in [7, 11) is 0. The van der Waals surface area contributed by atoms with E-state index in [1.54, 1.807) is 11.4 Å². The summed E-state index contributed by atoms with van der Waals surface area (Å²) in [6.07, 6.45) is 1.74. The third-order valence-corrected chi connectivity index (χ3v) is 5.37. The Hall–Kier alpha value is -1.34. The van der Waals surface area contributed by atoms with Gasteiger partial charge in [-0.15, -0.1) is 11.3 Å². The standard InChI is InChI=1S/C16H14ClNOS/c17-12-8-14(20-9-12)15(19)16(10-18)7-3-5-11-4-1-2-6-13(11)16/h1-2,4,6,8-9,15,19H,3,5,7H2. The zero-order chi connectivity index (χ0) is 14.2. The fourth-order valence-electron chi connectivity index (χ4n) is 3.04. The maximum atomic E-state index is 10.8. The van der Waals surface area contributed by atoms with Crippen LogP contribution in [0.1, 0.15) is 34.9 Å². The molecule has 0 spiro atoms. The molecule has 2 unspecified atom stereocenters. The zero-order valence-electron chi connectivity index (χ0n) is 10.8. The van der Waals surface area contributed by atoms with Crippen molar-refractivity contribution in [2.75, 3.05) is 0 Å². The molecule has 0 amide bonds. The van der Waals surface area contributed by atoms with Crippen LogP contribution in [0.25, 0.3) is 0 Å². The van der Waals surface area contributed by atoms with E-state index < -0.39 is 11.5 Å². The van der Waals surface area contributed by atoms with Crippen LogP contribution in [0.4, 0.5) is 0 Å². The van der Waals surface area contributed by atoms with Crippen molar-refractivity contribution in [3.8, 4) is 6.07 Å². The molecular weight excluding hydrogens is 290 g/mol. The van der Waals surface area contributed by atoms with E-state index in [9.17, 15) is 10.4 Å². The van der Waals surface area contributed by atoms with Crippen LogP contribution in [0.5, 0.6) is 0 Å². The van der Waals surface area contributed by atoms with Gasteiger partial charge in [0, 0.05) is 10.3 Å². The Labute approximate surface area is 127 Å².